The van der Waals surface area contributed by atoms with Gasteiger partial charge in [-0.2, -0.15) is 0 Å². The molecule has 0 aromatic carbocycles. The van der Waals surface area contributed by atoms with Crippen molar-refractivity contribution in [3.8, 4) is 0 Å². The molecule has 2 unspecified atom stereocenters. The molecular formula is C12H27N3O. The minimum absolute atomic E-state index is 0.263. The van der Waals surface area contributed by atoms with E-state index in [2.05, 4.69) is 42.8 Å². The lowest BCUT2D eigenvalue weighted by Crippen LogP contribution is -2.44. The highest BCUT2D eigenvalue weighted by Crippen LogP contribution is 2.13. The van der Waals surface area contributed by atoms with E-state index in [-0.39, 0.29) is 6.61 Å². The first kappa shape index (κ1) is 13.9. The van der Waals surface area contributed by atoms with Crippen molar-refractivity contribution < 1.29 is 5.11 Å². The summed E-state index contributed by atoms with van der Waals surface area (Å²) in [7, 11) is 6.34. The number of hydrogen-bond donors (Lipinski definition) is 1. The summed E-state index contributed by atoms with van der Waals surface area (Å²) < 4.78 is 0. The molecule has 0 saturated carbocycles. The summed E-state index contributed by atoms with van der Waals surface area (Å²) in [6.45, 7) is 6.85. The largest absolute Gasteiger partial charge is 0.395 e. The Labute approximate surface area is 99.8 Å². The van der Waals surface area contributed by atoms with Gasteiger partial charge in [0.1, 0.15) is 0 Å². The smallest absolute Gasteiger partial charge is 0.0599 e. The average Bonchev–Trinajstić information content (AvgIpc) is 2.38. The molecule has 2 atom stereocenters. The van der Waals surface area contributed by atoms with Crippen LogP contribution in [0.5, 0.6) is 0 Å². The molecule has 1 saturated heterocycles. The predicted molar refractivity (Wildman–Crippen MR) is 67.7 cm³/mol. The molecule has 16 heavy (non-hydrogen) atoms. The van der Waals surface area contributed by atoms with E-state index in [0.29, 0.717) is 12.1 Å². The summed E-state index contributed by atoms with van der Waals surface area (Å²) in [6, 6.07) is 0.862. The third-order valence-electron chi connectivity index (χ3n) is 3.68. The molecule has 4 nitrogen and oxygen atoms in total. The maximum atomic E-state index is 9.42. The Morgan fingerprint density at radius 3 is 2.62 bits per heavy atom. The highest BCUT2D eigenvalue weighted by atomic mass is 16.3. The molecule has 0 aromatic rings. The van der Waals surface area contributed by atoms with Crippen LogP contribution in [0.3, 0.4) is 0 Å². The molecule has 0 aromatic heterocycles. The third kappa shape index (κ3) is 4.01. The molecule has 1 aliphatic rings. The Balaban J connectivity index is 2.48. The van der Waals surface area contributed by atoms with Crippen LogP contribution in [0.2, 0.25) is 0 Å². The van der Waals surface area contributed by atoms with Crippen molar-refractivity contribution >= 4 is 0 Å². The fourth-order valence-electron chi connectivity index (χ4n) is 2.18. The number of rotatable bonds is 4. The third-order valence-corrected chi connectivity index (χ3v) is 3.68. The standard InChI is InChI=1S/C12H27N3O/c1-11-5-6-15(8-7-13(2)3)9-12(10-16)14(11)4/h11-12,16H,5-10H2,1-4H3. The molecule has 96 valence electrons. The molecule has 0 spiro atoms. The van der Waals surface area contributed by atoms with Crippen molar-refractivity contribution in [1.82, 2.24) is 14.7 Å². The van der Waals surface area contributed by atoms with Gasteiger partial charge in [-0.3, -0.25) is 4.90 Å². The fraction of sp³-hybridized carbons (Fsp3) is 1.00. The molecule has 1 N–H and O–H groups in total. The monoisotopic (exact) mass is 229 g/mol. The minimum atomic E-state index is 0.263. The van der Waals surface area contributed by atoms with Gasteiger partial charge in [-0.15, -0.1) is 0 Å². The van der Waals surface area contributed by atoms with Gasteiger partial charge in [-0.25, -0.2) is 0 Å². The number of aliphatic hydroxyl groups excluding tert-OH is 1. The first-order chi connectivity index (χ1) is 7.54. The topological polar surface area (TPSA) is 30.0 Å². The zero-order chi connectivity index (χ0) is 12.1. The van der Waals surface area contributed by atoms with Gasteiger partial charge in [0.25, 0.3) is 0 Å². The van der Waals surface area contributed by atoms with Crippen molar-refractivity contribution in [2.24, 2.45) is 0 Å². The van der Waals surface area contributed by atoms with Gasteiger partial charge < -0.3 is 14.9 Å². The van der Waals surface area contributed by atoms with Crippen LogP contribution in [0.4, 0.5) is 0 Å². The molecule has 1 rings (SSSR count). The minimum Gasteiger partial charge on any atom is -0.395 e. The van der Waals surface area contributed by atoms with Crippen LogP contribution in [-0.2, 0) is 0 Å². The summed E-state index contributed by atoms with van der Waals surface area (Å²) in [5.41, 5.74) is 0. The van der Waals surface area contributed by atoms with E-state index in [1.54, 1.807) is 0 Å². The van der Waals surface area contributed by atoms with Crippen LogP contribution < -0.4 is 0 Å². The molecule has 0 bridgehead atoms. The SMILES string of the molecule is CC1CCN(CCN(C)C)CC(CO)N1C. The number of nitrogens with zero attached hydrogens (tertiary/aromatic N) is 3. The summed E-state index contributed by atoms with van der Waals surface area (Å²) in [4.78, 5) is 7.00. The number of aliphatic hydroxyl groups is 1. The van der Waals surface area contributed by atoms with Crippen molar-refractivity contribution in [3.63, 3.8) is 0 Å². The molecule has 0 amide bonds. The van der Waals surface area contributed by atoms with E-state index in [9.17, 15) is 5.11 Å². The van der Waals surface area contributed by atoms with Gasteiger partial charge in [0, 0.05) is 31.7 Å². The van der Waals surface area contributed by atoms with Gasteiger partial charge in [-0.05, 0) is 41.0 Å². The molecule has 1 fully saturated rings. The quantitative estimate of drug-likeness (QED) is 0.731. The van der Waals surface area contributed by atoms with E-state index < -0.39 is 0 Å². The van der Waals surface area contributed by atoms with E-state index in [0.717, 1.165) is 26.2 Å². The van der Waals surface area contributed by atoms with Crippen molar-refractivity contribution in [2.75, 3.05) is 53.9 Å². The second kappa shape index (κ2) is 6.55. The van der Waals surface area contributed by atoms with Crippen LogP contribution in [0.1, 0.15) is 13.3 Å². The van der Waals surface area contributed by atoms with Gasteiger partial charge in [0.05, 0.1) is 6.61 Å². The van der Waals surface area contributed by atoms with Crippen LogP contribution in [0, 0.1) is 0 Å². The molecule has 0 radical (unpaired) electrons. The Hall–Kier alpha value is -0.160. The maximum Gasteiger partial charge on any atom is 0.0599 e. The first-order valence-electron chi connectivity index (χ1n) is 6.24. The lowest BCUT2D eigenvalue weighted by molar-refractivity contribution is 0.108. The van der Waals surface area contributed by atoms with E-state index >= 15 is 0 Å². The lowest BCUT2D eigenvalue weighted by Gasteiger charge is -2.30. The normalized spacial score (nSPS) is 29.6. The maximum absolute atomic E-state index is 9.42. The highest BCUT2D eigenvalue weighted by molar-refractivity contribution is 4.82. The fourth-order valence-corrected chi connectivity index (χ4v) is 2.18. The lowest BCUT2D eigenvalue weighted by atomic mass is 10.2. The van der Waals surface area contributed by atoms with Crippen LogP contribution >= 0.6 is 0 Å². The summed E-state index contributed by atoms with van der Waals surface area (Å²) in [6.07, 6.45) is 1.19. The zero-order valence-corrected chi connectivity index (χ0v) is 11.2. The zero-order valence-electron chi connectivity index (χ0n) is 11.2. The summed E-state index contributed by atoms with van der Waals surface area (Å²) in [5.74, 6) is 0. The van der Waals surface area contributed by atoms with Crippen LogP contribution in [0.25, 0.3) is 0 Å². The predicted octanol–water partition coefficient (Wildman–Crippen LogP) is -0.0651. The van der Waals surface area contributed by atoms with E-state index in [1.165, 1.54) is 6.42 Å². The van der Waals surface area contributed by atoms with Crippen molar-refractivity contribution in [3.05, 3.63) is 0 Å². The second-order valence-corrected chi connectivity index (χ2v) is 5.24. The number of hydrogen-bond acceptors (Lipinski definition) is 4. The molecule has 1 aliphatic heterocycles. The molecule has 4 heteroatoms. The van der Waals surface area contributed by atoms with Gasteiger partial charge in [0.2, 0.25) is 0 Å². The summed E-state index contributed by atoms with van der Waals surface area (Å²) >= 11 is 0. The Bertz CT molecular complexity index is 197. The Kier molecular flexibility index (Phi) is 5.69. The van der Waals surface area contributed by atoms with Crippen molar-refractivity contribution in [1.29, 1.82) is 0 Å². The van der Waals surface area contributed by atoms with Crippen LogP contribution in [-0.4, -0.2) is 85.8 Å². The molecule has 0 aliphatic carbocycles. The van der Waals surface area contributed by atoms with Crippen LogP contribution in [0.15, 0.2) is 0 Å². The highest BCUT2D eigenvalue weighted by Gasteiger charge is 2.25. The van der Waals surface area contributed by atoms with Crippen molar-refractivity contribution in [2.45, 2.75) is 25.4 Å². The van der Waals surface area contributed by atoms with E-state index in [4.69, 9.17) is 0 Å². The average molecular weight is 229 g/mol. The number of likely N-dealkylation sites (N-methyl/N-ethyl adjacent to an activating group) is 2. The Morgan fingerprint density at radius 2 is 2.06 bits per heavy atom. The van der Waals surface area contributed by atoms with Gasteiger partial charge in [0.15, 0.2) is 0 Å². The first-order valence-corrected chi connectivity index (χ1v) is 6.24. The molecular weight excluding hydrogens is 202 g/mol. The van der Waals surface area contributed by atoms with Gasteiger partial charge in [-0.1, -0.05) is 0 Å². The Morgan fingerprint density at radius 1 is 1.38 bits per heavy atom. The molecule has 1 heterocycles. The van der Waals surface area contributed by atoms with E-state index in [1.807, 2.05) is 0 Å². The van der Waals surface area contributed by atoms with Gasteiger partial charge >= 0.3 is 0 Å². The summed E-state index contributed by atoms with van der Waals surface area (Å²) in [5, 5.41) is 9.42. The second-order valence-electron chi connectivity index (χ2n) is 5.24.